The van der Waals surface area contributed by atoms with E-state index in [0.29, 0.717) is 0 Å². The van der Waals surface area contributed by atoms with Crippen LogP contribution in [-0.2, 0) is 11.8 Å². The van der Waals surface area contributed by atoms with Gasteiger partial charge in [0.1, 0.15) is 0 Å². The van der Waals surface area contributed by atoms with Gasteiger partial charge in [-0.2, -0.15) is 0 Å². The molecule has 56 heavy (non-hydrogen) atoms. The highest BCUT2D eigenvalue weighted by atomic mass is 15.1. The molecule has 1 aromatic heterocycles. The molecule has 1 aliphatic rings. The Bertz CT molecular complexity index is 2830. The maximum Gasteiger partial charge on any atom is 0.0544 e. The number of hydrogen-bond donors (Lipinski definition) is 0. The number of rotatable bonds is 9. The van der Waals surface area contributed by atoms with Crippen molar-refractivity contribution in [2.24, 2.45) is 0 Å². The summed E-state index contributed by atoms with van der Waals surface area (Å²) in [5, 5.41) is 2.58. The van der Waals surface area contributed by atoms with Crippen LogP contribution in [0.4, 0.5) is 11.4 Å². The van der Waals surface area contributed by atoms with Crippen LogP contribution in [0.1, 0.15) is 48.6 Å². The fraction of sp³-hybridized carbons (Fsp3) is 0.111. The van der Waals surface area contributed by atoms with Gasteiger partial charge in [-0.15, -0.1) is 0 Å². The Morgan fingerprint density at radius 1 is 0.643 bits per heavy atom. The van der Waals surface area contributed by atoms with Crippen molar-refractivity contribution < 1.29 is 0 Å². The summed E-state index contributed by atoms with van der Waals surface area (Å²) in [6, 6.07) is 57.5. The van der Waals surface area contributed by atoms with Gasteiger partial charge in [0.25, 0.3) is 0 Å². The largest absolute Gasteiger partial charge is 0.317 e. The molecule has 0 amide bonds. The number of hydrogen-bond acceptors (Lipinski definition) is 1. The molecule has 0 unspecified atom stereocenters. The molecule has 0 N–H and O–H groups in total. The number of aromatic nitrogens is 1. The maximum absolute atomic E-state index is 4.12. The van der Waals surface area contributed by atoms with Crippen molar-refractivity contribution in [3.63, 3.8) is 0 Å². The third-order valence-electron chi connectivity index (χ3n) is 11.9. The number of benzene rings is 7. The second-order valence-electron chi connectivity index (χ2n) is 15.3. The number of anilines is 2. The molecule has 0 atom stereocenters. The number of para-hydroxylation sites is 1. The molecule has 1 heterocycles. The third kappa shape index (κ3) is 5.81. The first kappa shape index (κ1) is 35.1. The molecule has 0 radical (unpaired) electrons. The predicted molar refractivity (Wildman–Crippen MR) is 240 cm³/mol. The number of fused-ring (bicyclic) bond motifs is 6. The fourth-order valence-corrected chi connectivity index (χ4v) is 8.97. The van der Waals surface area contributed by atoms with Gasteiger partial charge in [0, 0.05) is 39.4 Å². The summed E-state index contributed by atoms with van der Waals surface area (Å²) in [6.07, 6.45) is 9.38. The van der Waals surface area contributed by atoms with Crippen molar-refractivity contribution in [1.82, 2.24) is 4.57 Å². The Balaban J connectivity index is 1.16. The number of aryl methyl sites for hydroxylation is 2. The molecule has 9 rings (SSSR count). The summed E-state index contributed by atoms with van der Waals surface area (Å²) < 4.78 is 2.42. The zero-order valence-corrected chi connectivity index (χ0v) is 32.6. The molecule has 2 heteroatoms. The molecule has 0 fully saturated rings. The molecular formula is C54H46N2. The molecule has 0 spiro atoms. The first-order valence-electron chi connectivity index (χ1n) is 19.7. The van der Waals surface area contributed by atoms with Gasteiger partial charge >= 0.3 is 0 Å². The van der Waals surface area contributed by atoms with Gasteiger partial charge < -0.3 is 9.47 Å². The summed E-state index contributed by atoms with van der Waals surface area (Å²) in [5.41, 5.74) is 18.6. The first-order valence-corrected chi connectivity index (χ1v) is 19.7. The quantitative estimate of drug-likeness (QED) is 0.135. The van der Waals surface area contributed by atoms with E-state index < -0.39 is 0 Å². The van der Waals surface area contributed by atoms with E-state index in [1.54, 1.807) is 0 Å². The Kier molecular flexibility index (Phi) is 8.90. The highest BCUT2D eigenvalue weighted by Gasteiger charge is 2.35. The van der Waals surface area contributed by atoms with Crippen LogP contribution in [0.2, 0.25) is 0 Å². The van der Waals surface area contributed by atoms with Crippen LogP contribution in [0.3, 0.4) is 0 Å². The van der Waals surface area contributed by atoms with Gasteiger partial charge in [-0.25, -0.2) is 0 Å². The van der Waals surface area contributed by atoms with Gasteiger partial charge in [-0.3, -0.25) is 0 Å². The van der Waals surface area contributed by atoms with Gasteiger partial charge in [0.15, 0.2) is 0 Å². The smallest absolute Gasteiger partial charge is 0.0544 e. The minimum absolute atomic E-state index is 0.0997. The summed E-state index contributed by atoms with van der Waals surface area (Å²) in [4.78, 5) is 2.30. The second-order valence-corrected chi connectivity index (χ2v) is 15.3. The van der Waals surface area contributed by atoms with E-state index in [0.717, 1.165) is 34.6 Å². The monoisotopic (exact) mass is 722 g/mol. The number of nitrogens with zero attached hydrogens (tertiary/aromatic N) is 2. The molecular weight excluding hydrogens is 677 g/mol. The third-order valence-corrected chi connectivity index (χ3v) is 11.9. The van der Waals surface area contributed by atoms with Crippen molar-refractivity contribution in [2.75, 3.05) is 4.90 Å². The molecule has 0 saturated heterocycles. The van der Waals surface area contributed by atoms with Crippen molar-refractivity contribution in [3.8, 4) is 27.9 Å². The van der Waals surface area contributed by atoms with Crippen LogP contribution in [-0.4, -0.2) is 4.57 Å². The van der Waals surface area contributed by atoms with Crippen LogP contribution in [0.15, 0.2) is 189 Å². The second kappa shape index (κ2) is 14.2. The highest BCUT2D eigenvalue weighted by Crippen LogP contribution is 2.50. The molecule has 0 bridgehead atoms. The predicted octanol–water partition coefficient (Wildman–Crippen LogP) is 14.5. The van der Waals surface area contributed by atoms with E-state index in [4.69, 9.17) is 0 Å². The van der Waals surface area contributed by atoms with Gasteiger partial charge in [-0.1, -0.05) is 149 Å². The SMILES string of the molecule is C=CC(=CC=CN(c1ccc(-n2c3ccccc3c3c(C)c(-c4ccccc4CC)ccc32)cc1)c1ccc2c(c1)C(C)(C)c1ccccc1-2)c1ccccc1. The Morgan fingerprint density at radius 3 is 2.09 bits per heavy atom. The zero-order chi connectivity index (χ0) is 38.4. The van der Waals surface area contributed by atoms with Crippen LogP contribution in [0.5, 0.6) is 0 Å². The van der Waals surface area contributed by atoms with Crippen LogP contribution in [0.25, 0.3) is 55.3 Å². The van der Waals surface area contributed by atoms with E-state index in [-0.39, 0.29) is 5.41 Å². The van der Waals surface area contributed by atoms with Crippen molar-refractivity contribution >= 4 is 38.8 Å². The van der Waals surface area contributed by atoms with Crippen LogP contribution in [0, 0.1) is 6.92 Å². The maximum atomic E-state index is 4.12. The van der Waals surface area contributed by atoms with E-state index in [1.807, 2.05) is 12.1 Å². The summed E-state index contributed by atoms with van der Waals surface area (Å²) in [5.74, 6) is 0. The lowest BCUT2D eigenvalue weighted by Gasteiger charge is -2.25. The molecule has 0 saturated carbocycles. The van der Waals surface area contributed by atoms with Crippen molar-refractivity contribution in [3.05, 3.63) is 217 Å². The molecule has 7 aromatic carbocycles. The standard InChI is InChI=1S/C54H46N2/c1-6-38(40-19-9-8-10-20-40)21-17-35-55(43-31-32-47-46-23-13-15-25-49(46)54(4,5)50(47)36-43)41-27-29-42(30-28-41)56-51-26-16-14-24-48(51)53-37(3)44(33-34-52(53)56)45-22-12-11-18-39(45)7-2/h6,8-36H,1,7H2,2-5H3. The number of allylic oxidation sites excluding steroid dienone is 4. The topological polar surface area (TPSA) is 8.17 Å². The Labute approximate surface area is 331 Å². The molecule has 1 aliphatic carbocycles. The molecule has 2 nitrogen and oxygen atoms in total. The van der Waals surface area contributed by atoms with Gasteiger partial charge in [0.05, 0.1) is 11.0 Å². The molecule has 272 valence electrons. The normalized spacial score (nSPS) is 13.3. The molecule has 0 aliphatic heterocycles. The Hall–Kier alpha value is -6.64. The van der Waals surface area contributed by atoms with Gasteiger partial charge in [0.2, 0.25) is 0 Å². The Morgan fingerprint density at radius 2 is 1.30 bits per heavy atom. The summed E-state index contributed by atoms with van der Waals surface area (Å²) >= 11 is 0. The van der Waals surface area contributed by atoms with Crippen LogP contribution >= 0.6 is 0 Å². The summed E-state index contributed by atoms with van der Waals surface area (Å²) in [7, 11) is 0. The highest BCUT2D eigenvalue weighted by molar-refractivity contribution is 6.12. The minimum atomic E-state index is -0.0997. The zero-order valence-electron chi connectivity index (χ0n) is 32.6. The lowest BCUT2D eigenvalue weighted by atomic mass is 9.82. The van der Waals surface area contributed by atoms with Crippen molar-refractivity contribution in [2.45, 2.75) is 39.5 Å². The lowest BCUT2D eigenvalue weighted by molar-refractivity contribution is 0.660. The first-order chi connectivity index (χ1) is 27.4. The average Bonchev–Trinajstić information content (AvgIpc) is 3.70. The minimum Gasteiger partial charge on any atom is -0.317 e. The fourth-order valence-electron chi connectivity index (χ4n) is 8.97. The van der Waals surface area contributed by atoms with E-state index in [1.165, 1.54) is 66.3 Å². The summed E-state index contributed by atoms with van der Waals surface area (Å²) in [6.45, 7) is 13.3. The average molecular weight is 723 g/mol. The van der Waals surface area contributed by atoms with Crippen molar-refractivity contribution in [1.29, 1.82) is 0 Å². The van der Waals surface area contributed by atoms with Crippen LogP contribution < -0.4 is 4.90 Å². The van der Waals surface area contributed by atoms with E-state index in [2.05, 4.69) is 214 Å². The van der Waals surface area contributed by atoms with E-state index >= 15 is 0 Å². The lowest BCUT2D eigenvalue weighted by Crippen LogP contribution is -2.16. The van der Waals surface area contributed by atoms with E-state index in [9.17, 15) is 0 Å². The van der Waals surface area contributed by atoms with Gasteiger partial charge in [-0.05, 0) is 124 Å². The molecule has 8 aromatic rings.